The van der Waals surface area contributed by atoms with Crippen LogP contribution in [0.1, 0.15) is 5.56 Å². The minimum Gasteiger partial charge on any atom is -0.389 e. The second kappa shape index (κ2) is 5.70. The number of benzene rings is 1. The number of nitrogens with two attached hydrogens (primary N) is 1. The molecule has 3 N–H and O–H groups in total. The molecule has 72 valence electrons. The van der Waals surface area contributed by atoms with Crippen LogP contribution in [0.25, 0.3) is 0 Å². The van der Waals surface area contributed by atoms with E-state index in [-0.39, 0.29) is 6.54 Å². The first kappa shape index (κ1) is 10.2. The maximum Gasteiger partial charge on any atom is 0.0895 e. The van der Waals surface area contributed by atoms with Crippen molar-refractivity contribution in [3.63, 3.8) is 0 Å². The quantitative estimate of drug-likeness (QED) is 0.696. The summed E-state index contributed by atoms with van der Waals surface area (Å²) < 4.78 is 5.24. The fourth-order valence-corrected chi connectivity index (χ4v) is 0.955. The van der Waals surface area contributed by atoms with E-state index in [9.17, 15) is 0 Å². The molecule has 0 heterocycles. The number of aliphatic hydroxyl groups excluding tert-OH is 1. The van der Waals surface area contributed by atoms with E-state index in [0.717, 1.165) is 5.56 Å². The van der Waals surface area contributed by atoms with Gasteiger partial charge in [-0.05, 0) is 5.56 Å². The van der Waals surface area contributed by atoms with Crippen LogP contribution in [0.2, 0.25) is 0 Å². The van der Waals surface area contributed by atoms with Crippen LogP contribution < -0.4 is 5.73 Å². The van der Waals surface area contributed by atoms with E-state index >= 15 is 0 Å². The Hall–Kier alpha value is -0.900. The van der Waals surface area contributed by atoms with E-state index in [1.54, 1.807) is 0 Å². The van der Waals surface area contributed by atoms with Crippen molar-refractivity contribution >= 4 is 0 Å². The normalized spacial score (nSPS) is 12.8. The van der Waals surface area contributed by atoms with E-state index in [0.29, 0.717) is 13.2 Å². The molecule has 0 saturated heterocycles. The fraction of sp³-hybridized carbons (Fsp3) is 0.400. The molecule has 1 rings (SSSR count). The molecule has 0 aromatic heterocycles. The molecular formula is C10H15NO2. The third-order valence-electron chi connectivity index (χ3n) is 1.69. The zero-order valence-corrected chi connectivity index (χ0v) is 7.52. The Morgan fingerprint density at radius 1 is 1.31 bits per heavy atom. The minimum atomic E-state index is -0.552. The Bertz CT molecular complexity index is 226. The van der Waals surface area contributed by atoms with Crippen LogP contribution in [0, 0.1) is 0 Å². The van der Waals surface area contributed by atoms with Gasteiger partial charge in [-0.1, -0.05) is 30.3 Å². The zero-order valence-electron chi connectivity index (χ0n) is 7.52. The lowest BCUT2D eigenvalue weighted by Crippen LogP contribution is -2.24. The molecular weight excluding hydrogens is 166 g/mol. The van der Waals surface area contributed by atoms with Crippen molar-refractivity contribution in [3.8, 4) is 0 Å². The topological polar surface area (TPSA) is 55.5 Å². The summed E-state index contributed by atoms with van der Waals surface area (Å²) in [5.74, 6) is 0. The first-order valence-corrected chi connectivity index (χ1v) is 4.32. The van der Waals surface area contributed by atoms with Crippen LogP contribution >= 0.6 is 0 Å². The van der Waals surface area contributed by atoms with Gasteiger partial charge in [-0.15, -0.1) is 0 Å². The summed E-state index contributed by atoms with van der Waals surface area (Å²) in [6.07, 6.45) is -0.552. The third-order valence-corrected chi connectivity index (χ3v) is 1.69. The predicted molar refractivity (Wildman–Crippen MR) is 51.2 cm³/mol. The van der Waals surface area contributed by atoms with Gasteiger partial charge in [-0.3, -0.25) is 0 Å². The molecule has 1 atom stereocenters. The second-order valence-electron chi connectivity index (χ2n) is 2.89. The molecule has 0 fully saturated rings. The molecule has 0 aliphatic rings. The molecule has 0 aliphatic carbocycles. The average molecular weight is 181 g/mol. The summed E-state index contributed by atoms with van der Waals surface area (Å²) in [6.45, 7) is 1.07. The summed E-state index contributed by atoms with van der Waals surface area (Å²) in [5, 5.41) is 9.09. The highest BCUT2D eigenvalue weighted by Gasteiger charge is 2.00. The summed E-state index contributed by atoms with van der Waals surface area (Å²) >= 11 is 0. The molecule has 13 heavy (non-hydrogen) atoms. The summed E-state index contributed by atoms with van der Waals surface area (Å²) in [5.41, 5.74) is 6.32. The Morgan fingerprint density at radius 2 is 2.00 bits per heavy atom. The second-order valence-corrected chi connectivity index (χ2v) is 2.89. The fourth-order valence-electron chi connectivity index (χ4n) is 0.955. The molecule has 3 heteroatoms. The maximum atomic E-state index is 9.09. The number of ether oxygens (including phenoxy) is 1. The van der Waals surface area contributed by atoms with Gasteiger partial charge in [0.25, 0.3) is 0 Å². The molecule has 0 radical (unpaired) electrons. The largest absolute Gasteiger partial charge is 0.389 e. The Balaban J connectivity index is 2.20. The first-order chi connectivity index (χ1) is 6.33. The van der Waals surface area contributed by atoms with E-state index in [1.165, 1.54) is 0 Å². The first-order valence-electron chi connectivity index (χ1n) is 4.32. The molecule has 3 nitrogen and oxygen atoms in total. The lowest BCUT2D eigenvalue weighted by atomic mass is 10.2. The van der Waals surface area contributed by atoms with E-state index in [4.69, 9.17) is 15.6 Å². The van der Waals surface area contributed by atoms with Gasteiger partial charge in [0.1, 0.15) is 0 Å². The van der Waals surface area contributed by atoms with Crippen LogP contribution in [0.3, 0.4) is 0 Å². The number of aliphatic hydroxyl groups is 1. The van der Waals surface area contributed by atoms with Crippen LogP contribution in [-0.2, 0) is 11.3 Å². The average Bonchev–Trinajstić information content (AvgIpc) is 2.19. The van der Waals surface area contributed by atoms with Gasteiger partial charge in [-0.2, -0.15) is 0 Å². The number of rotatable bonds is 5. The van der Waals surface area contributed by atoms with Crippen molar-refractivity contribution in [2.24, 2.45) is 5.73 Å². The van der Waals surface area contributed by atoms with Crippen LogP contribution in [0.15, 0.2) is 30.3 Å². The van der Waals surface area contributed by atoms with Crippen molar-refractivity contribution in [1.29, 1.82) is 0 Å². The van der Waals surface area contributed by atoms with E-state index in [1.807, 2.05) is 30.3 Å². The van der Waals surface area contributed by atoms with Gasteiger partial charge in [0.05, 0.1) is 19.3 Å². The molecule has 1 aromatic rings. The van der Waals surface area contributed by atoms with E-state index < -0.39 is 6.10 Å². The summed E-state index contributed by atoms with van der Waals surface area (Å²) in [6, 6.07) is 9.83. The Kier molecular flexibility index (Phi) is 4.46. The maximum absolute atomic E-state index is 9.09. The highest BCUT2D eigenvalue weighted by molar-refractivity contribution is 5.13. The van der Waals surface area contributed by atoms with Crippen molar-refractivity contribution in [2.75, 3.05) is 13.2 Å². The van der Waals surface area contributed by atoms with Gasteiger partial charge >= 0.3 is 0 Å². The molecule has 0 bridgehead atoms. The van der Waals surface area contributed by atoms with Crippen LogP contribution in [0.4, 0.5) is 0 Å². The van der Waals surface area contributed by atoms with Crippen LogP contribution in [0.5, 0.6) is 0 Å². The zero-order chi connectivity index (χ0) is 9.52. The number of hydrogen-bond acceptors (Lipinski definition) is 3. The van der Waals surface area contributed by atoms with Crippen molar-refractivity contribution in [1.82, 2.24) is 0 Å². The Labute approximate surface area is 78.1 Å². The van der Waals surface area contributed by atoms with Gasteiger partial charge in [0.15, 0.2) is 0 Å². The molecule has 1 aromatic carbocycles. The highest BCUT2D eigenvalue weighted by atomic mass is 16.5. The van der Waals surface area contributed by atoms with Gasteiger partial charge in [-0.25, -0.2) is 0 Å². The van der Waals surface area contributed by atoms with Crippen molar-refractivity contribution in [2.45, 2.75) is 12.7 Å². The van der Waals surface area contributed by atoms with E-state index in [2.05, 4.69) is 0 Å². The summed E-state index contributed by atoms with van der Waals surface area (Å²) in [7, 11) is 0. The minimum absolute atomic E-state index is 0.245. The van der Waals surface area contributed by atoms with Gasteiger partial charge in [0, 0.05) is 6.54 Å². The Morgan fingerprint density at radius 3 is 2.62 bits per heavy atom. The molecule has 0 spiro atoms. The SMILES string of the molecule is NCC(O)COCc1ccccc1. The number of hydrogen-bond donors (Lipinski definition) is 2. The predicted octanol–water partition coefficient (Wildman–Crippen LogP) is 0.523. The van der Waals surface area contributed by atoms with Crippen molar-refractivity contribution < 1.29 is 9.84 Å². The van der Waals surface area contributed by atoms with Crippen LogP contribution in [-0.4, -0.2) is 24.4 Å². The van der Waals surface area contributed by atoms with Gasteiger partial charge < -0.3 is 15.6 Å². The molecule has 0 aliphatic heterocycles. The van der Waals surface area contributed by atoms with Gasteiger partial charge in [0.2, 0.25) is 0 Å². The lowest BCUT2D eigenvalue weighted by Gasteiger charge is -2.08. The third kappa shape index (κ3) is 4.03. The van der Waals surface area contributed by atoms with Crippen molar-refractivity contribution in [3.05, 3.63) is 35.9 Å². The molecule has 1 unspecified atom stereocenters. The molecule has 0 saturated carbocycles. The standard InChI is InChI=1S/C10H15NO2/c11-6-10(12)8-13-7-9-4-2-1-3-5-9/h1-5,10,12H,6-8,11H2. The summed E-state index contributed by atoms with van der Waals surface area (Å²) in [4.78, 5) is 0. The highest BCUT2D eigenvalue weighted by Crippen LogP contribution is 2.00. The smallest absolute Gasteiger partial charge is 0.0895 e. The molecule has 0 amide bonds. The lowest BCUT2D eigenvalue weighted by molar-refractivity contribution is 0.0329. The monoisotopic (exact) mass is 181 g/mol.